The first-order valence-electron chi connectivity index (χ1n) is 7.73. The summed E-state index contributed by atoms with van der Waals surface area (Å²) in [5, 5.41) is 13.9. The van der Waals surface area contributed by atoms with E-state index in [2.05, 4.69) is 19.2 Å². The topological polar surface area (TPSA) is 62.1 Å². The highest BCUT2D eigenvalue weighted by Gasteiger charge is 2.09. The number of amides is 1. The Morgan fingerprint density at radius 2 is 2.08 bits per heavy atom. The third kappa shape index (κ3) is 5.56. The molecule has 2 aromatic rings. The molecule has 0 spiro atoms. The van der Waals surface area contributed by atoms with Crippen molar-refractivity contribution >= 4 is 23.3 Å². The van der Waals surface area contributed by atoms with Crippen LogP contribution in [0.15, 0.2) is 47.4 Å². The summed E-state index contributed by atoms with van der Waals surface area (Å²) in [6.07, 6.45) is 1.58. The number of carbonyl (C=O) groups is 1. The lowest BCUT2D eigenvalue weighted by Gasteiger charge is -2.08. The largest absolute Gasteiger partial charge is 0.493 e. The Bertz CT molecular complexity index is 726. The van der Waals surface area contributed by atoms with Gasteiger partial charge in [0.05, 0.1) is 13.2 Å². The maximum absolute atomic E-state index is 12.1. The van der Waals surface area contributed by atoms with E-state index in [1.807, 2.05) is 47.8 Å². The monoisotopic (exact) mass is 340 g/mol. The smallest absolute Gasteiger partial charge is 0.262 e. The van der Waals surface area contributed by atoms with Crippen molar-refractivity contribution in [3.63, 3.8) is 0 Å². The van der Waals surface area contributed by atoms with E-state index in [4.69, 9.17) is 4.74 Å². The highest BCUT2D eigenvalue weighted by atomic mass is 32.1. The number of hydrogen-bond donors (Lipinski definition) is 1. The van der Waals surface area contributed by atoms with Gasteiger partial charge in [-0.2, -0.15) is 5.26 Å². The van der Waals surface area contributed by atoms with Gasteiger partial charge >= 0.3 is 0 Å². The van der Waals surface area contributed by atoms with E-state index < -0.39 is 0 Å². The maximum atomic E-state index is 12.1. The molecule has 1 aromatic carbocycles. The molecule has 1 amide bonds. The first-order valence-corrected chi connectivity index (χ1v) is 8.61. The molecule has 1 N–H and O–H groups in total. The third-order valence-electron chi connectivity index (χ3n) is 3.14. The van der Waals surface area contributed by atoms with Crippen LogP contribution in [-0.4, -0.2) is 12.5 Å². The van der Waals surface area contributed by atoms with Gasteiger partial charge in [0.15, 0.2) is 0 Å². The molecule has 124 valence electrons. The van der Waals surface area contributed by atoms with Gasteiger partial charge in [-0.25, -0.2) is 0 Å². The minimum absolute atomic E-state index is 0.0856. The van der Waals surface area contributed by atoms with Gasteiger partial charge in [0.1, 0.15) is 17.4 Å². The number of nitrogens with zero attached hydrogens (tertiary/aromatic N) is 1. The first kappa shape index (κ1) is 17.8. The van der Waals surface area contributed by atoms with Gasteiger partial charge in [-0.1, -0.05) is 32.0 Å². The van der Waals surface area contributed by atoms with Gasteiger partial charge in [0.2, 0.25) is 0 Å². The van der Waals surface area contributed by atoms with Crippen LogP contribution in [0.2, 0.25) is 0 Å². The Labute approximate surface area is 146 Å². The summed E-state index contributed by atoms with van der Waals surface area (Å²) in [4.78, 5) is 13.1. The van der Waals surface area contributed by atoms with Crippen molar-refractivity contribution in [2.45, 2.75) is 20.4 Å². The zero-order valence-corrected chi connectivity index (χ0v) is 14.6. The van der Waals surface area contributed by atoms with Gasteiger partial charge in [0, 0.05) is 4.88 Å². The summed E-state index contributed by atoms with van der Waals surface area (Å²) < 4.78 is 5.62. The van der Waals surface area contributed by atoms with Crippen LogP contribution in [0.5, 0.6) is 5.75 Å². The molecule has 2 rings (SSSR count). The van der Waals surface area contributed by atoms with E-state index in [0.29, 0.717) is 19.1 Å². The molecule has 0 fully saturated rings. The van der Waals surface area contributed by atoms with E-state index in [9.17, 15) is 10.1 Å². The van der Waals surface area contributed by atoms with E-state index >= 15 is 0 Å². The minimum Gasteiger partial charge on any atom is -0.493 e. The lowest BCUT2D eigenvalue weighted by molar-refractivity contribution is -0.117. The van der Waals surface area contributed by atoms with E-state index in [0.717, 1.165) is 16.2 Å². The predicted octanol–water partition coefficient (Wildman–Crippen LogP) is 4.01. The van der Waals surface area contributed by atoms with E-state index in [1.54, 1.807) is 17.4 Å². The fourth-order valence-corrected chi connectivity index (χ4v) is 2.56. The maximum Gasteiger partial charge on any atom is 0.262 e. The second kappa shape index (κ2) is 8.90. The number of nitrogens with one attached hydrogen (secondary N) is 1. The fraction of sp³-hybridized carbons (Fsp3) is 0.263. The van der Waals surface area contributed by atoms with Gasteiger partial charge in [-0.3, -0.25) is 4.79 Å². The second-order valence-electron chi connectivity index (χ2n) is 5.71. The molecule has 0 radical (unpaired) electrons. The van der Waals surface area contributed by atoms with Crippen LogP contribution in [0, 0.1) is 17.2 Å². The number of ether oxygens (including phenoxy) is 1. The lowest BCUT2D eigenvalue weighted by Crippen LogP contribution is -2.23. The molecule has 0 saturated carbocycles. The van der Waals surface area contributed by atoms with Crippen molar-refractivity contribution in [1.29, 1.82) is 5.26 Å². The van der Waals surface area contributed by atoms with Crippen molar-refractivity contribution in [1.82, 2.24) is 5.32 Å². The van der Waals surface area contributed by atoms with Crippen LogP contribution in [0.1, 0.15) is 24.3 Å². The van der Waals surface area contributed by atoms with E-state index in [-0.39, 0.29) is 11.5 Å². The molecule has 0 saturated heterocycles. The summed E-state index contributed by atoms with van der Waals surface area (Å²) in [5.41, 5.74) is 0.872. The van der Waals surface area contributed by atoms with Gasteiger partial charge in [0.25, 0.3) is 5.91 Å². The zero-order valence-electron chi connectivity index (χ0n) is 13.8. The average Bonchev–Trinajstić information content (AvgIpc) is 3.10. The van der Waals surface area contributed by atoms with Crippen molar-refractivity contribution in [2.24, 2.45) is 5.92 Å². The molecule has 0 aliphatic carbocycles. The highest BCUT2D eigenvalue weighted by molar-refractivity contribution is 7.09. The number of hydrogen-bond acceptors (Lipinski definition) is 4. The molecule has 1 aromatic heterocycles. The summed E-state index contributed by atoms with van der Waals surface area (Å²) in [6.45, 7) is 5.26. The second-order valence-corrected chi connectivity index (χ2v) is 6.74. The predicted molar refractivity (Wildman–Crippen MR) is 96.5 cm³/mol. The van der Waals surface area contributed by atoms with E-state index in [1.165, 1.54) is 0 Å². The van der Waals surface area contributed by atoms with Crippen LogP contribution in [0.25, 0.3) is 6.08 Å². The Balaban J connectivity index is 1.98. The van der Waals surface area contributed by atoms with Crippen LogP contribution >= 0.6 is 11.3 Å². The molecule has 24 heavy (non-hydrogen) atoms. The molecular formula is C19H20N2O2S. The number of rotatable bonds is 7. The van der Waals surface area contributed by atoms with Crippen LogP contribution < -0.4 is 10.1 Å². The standard InChI is InChI=1S/C19H20N2O2S/c1-14(2)13-23-17-7-5-15(6-8-17)10-16(11-20)19(22)21-12-18-4-3-9-24-18/h3-10,14H,12-13H2,1-2H3,(H,21,22)/b16-10+. The van der Waals surface area contributed by atoms with Crippen molar-refractivity contribution in [3.8, 4) is 11.8 Å². The lowest BCUT2D eigenvalue weighted by atomic mass is 10.1. The molecule has 4 nitrogen and oxygen atoms in total. The van der Waals surface area contributed by atoms with Crippen molar-refractivity contribution < 1.29 is 9.53 Å². The molecule has 0 bridgehead atoms. The number of benzene rings is 1. The third-order valence-corrected chi connectivity index (χ3v) is 4.02. The summed E-state index contributed by atoms with van der Waals surface area (Å²) in [6, 6.07) is 13.2. The molecule has 1 heterocycles. The summed E-state index contributed by atoms with van der Waals surface area (Å²) in [7, 11) is 0. The van der Waals surface area contributed by atoms with Gasteiger partial charge < -0.3 is 10.1 Å². The minimum atomic E-state index is -0.369. The zero-order chi connectivity index (χ0) is 17.4. The van der Waals surface area contributed by atoms with Crippen molar-refractivity contribution in [3.05, 3.63) is 57.8 Å². The molecule has 0 aliphatic rings. The average molecular weight is 340 g/mol. The highest BCUT2D eigenvalue weighted by Crippen LogP contribution is 2.15. The molecule has 5 heteroatoms. The normalized spacial score (nSPS) is 11.2. The quantitative estimate of drug-likeness (QED) is 0.612. The molecule has 0 aliphatic heterocycles. The molecule has 0 unspecified atom stereocenters. The Morgan fingerprint density at radius 3 is 2.67 bits per heavy atom. The SMILES string of the molecule is CC(C)COc1ccc(/C=C(\C#N)C(=O)NCc2cccs2)cc1. The Kier molecular flexibility index (Phi) is 6.59. The first-order chi connectivity index (χ1) is 11.6. The fourth-order valence-electron chi connectivity index (χ4n) is 1.91. The van der Waals surface area contributed by atoms with Crippen LogP contribution in [-0.2, 0) is 11.3 Å². The van der Waals surface area contributed by atoms with Crippen LogP contribution in [0.4, 0.5) is 0 Å². The van der Waals surface area contributed by atoms with Gasteiger partial charge in [-0.05, 0) is 41.1 Å². The summed E-state index contributed by atoms with van der Waals surface area (Å²) >= 11 is 1.57. The number of nitriles is 1. The number of carbonyl (C=O) groups excluding carboxylic acids is 1. The van der Waals surface area contributed by atoms with Gasteiger partial charge in [-0.15, -0.1) is 11.3 Å². The Hall–Kier alpha value is -2.58. The Morgan fingerprint density at radius 1 is 1.33 bits per heavy atom. The van der Waals surface area contributed by atoms with Crippen molar-refractivity contribution in [2.75, 3.05) is 6.61 Å². The molecule has 0 atom stereocenters. The number of thiophene rings is 1. The summed E-state index contributed by atoms with van der Waals surface area (Å²) in [5.74, 6) is 0.870. The van der Waals surface area contributed by atoms with Crippen LogP contribution in [0.3, 0.4) is 0 Å². The molecular weight excluding hydrogens is 320 g/mol.